The summed E-state index contributed by atoms with van der Waals surface area (Å²) < 4.78 is 107. The molecule has 252 valence electrons. The Morgan fingerprint density at radius 2 is 1.50 bits per heavy atom. The Morgan fingerprint density at radius 1 is 0.935 bits per heavy atom. The van der Waals surface area contributed by atoms with Crippen molar-refractivity contribution in [2.45, 2.75) is 92.5 Å². The van der Waals surface area contributed by atoms with Crippen molar-refractivity contribution in [2.75, 3.05) is 6.61 Å². The highest BCUT2D eigenvalue weighted by Gasteiger charge is 2.60. The third kappa shape index (κ3) is 7.19. The summed E-state index contributed by atoms with van der Waals surface area (Å²) in [6.07, 6.45) is -0.536. The molecule has 2 bridgehead atoms. The van der Waals surface area contributed by atoms with E-state index in [4.69, 9.17) is 10.5 Å². The molecule has 2 heterocycles. The van der Waals surface area contributed by atoms with Gasteiger partial charge >= 0.3 is 18.1 Å². The predicted molar refractivity (Wildman–Crippen MR) is 158 cm³/mol. The minimum absolute atomic E-state index is 0.218. The average Bonchev–Trinajstić information content (AvgIpc) is 3.61. The van der Waals surface area contributed by atoms with E-state index in [1.165, 1.54) is 24.3 Å². The fourth-order valence-corrected chi connectivity index (χ4v) is 8.12. The first-order valence-electron chi connectivity index (χ1n) is 14.9. The van der Waals surface area contributed by atoms with Crippen LogP contribution in [0.25, 0.3) is 0 Å². The molecule has 0 radical (unpaired) electrons. The lowest BCUT2D eigenvalue weighted by Gasteiger charge is -2.42. The highest BCUT2D eigenvalue weighted by atomic mass is 79.9. The van der Waals surface area contributed by atoms with Crippen molar-refractivity contribution in [3.8, 4) is 5.75 Å². The highest BCUT2D eigenvalue weighted by Crippen LogP contribution is 2.43. The second kappa shape index (κ2) is 13.4. The number of piperidine rings is 1. The number of amides is 1. The number of ether oxygens (including phenoxy) is 1. The third-order valence-corrected chi connectivity index (χ3v) is 10.9. The normalized spacial score (nSPS) is 23.0. The van der Waals surface area contributed by atoms with Crippen molar-refractivity contribution in [1.82, 2.24) is 9.37 Å². The standard InChI is InChI=1S/C30H33BrF5N3O6S/c31-20-7-5-19(6-8-20)29(32,33)26(27(40)38-22-9-10-23(38)16-21(37)15-22)39(45-28(41)30(34,35)36)46(42,43)25-13-11-24(12-14-25)44-17-18-3-1-2-4-18/h5-8,11-14,18,21-23,26H,1-4,9-10,15-17,37H2/t21?,22?,23?,26-/m1/s1. The topological polar surface area (TPSA) is 119 Å². The summed E-state index contributed by atoms with van der Waals surface area (Å²) in [5, 5.41) is 0. The average molecular weight is 739 g/mol. The van der Waals surface area contributed by atoms with Gasteiger partial charge in [0.1, 0.15) is 5.75 Å². The van der Waals surface area contributed by atoms with E-state index in [0.717, 1.165) is 54.8 Å². The maximum atomic E-state index is 16.6. The minimum atomic E-state index is -5.79. The lowest BCUT2D eigenvalue weighted by molar-refractivity contribution is -0.240. The summed E-state index contributed by atoms with van der Waals surface area (Å²) in [5.41, 5.74) is 5.18. The Morgan fingerprint density at radius 3 is 2.04 bits per heavy atom. The van der Waals surface area contributed by atoms with Gasteiger partial charge in [-0.25, -0.2) is 13.2 Å². The van der Waals surface area contributed by atoms with Gasteiger partial charge < -0.3 is 20.2 Å². The van der Waals surface area contributed by atoms with Gasteiger partial charge in [-0.05, 0) is 85.3 Å². The minimum Gasteiger partial charge on any atom is -0.493 e. The number of carbonyl (C=O) groups excluding carboxylic acids is 2. The van der Waals surface area contributed by atoms with Crippen LogP contribution in [0.3, 0.4) is 0 Å². The van der Waals surface area contributed by atoms with Crippen molar-refractivity contribution in [2.24, 2.45) is 11.7 Å². The molecule has 3 fully saturated rings. The van der Waals surface area contributed by atoms with Crippen LogP contribution in [-0.2, 0) is 30.4 Å². The number of carbonyl (C=O) groups is 2. The number of nitrogens with two attached hydrogens (primary N) is 1. The molecule has 5 rings (SSSR count). The van der Waals surface area contributed by atoms with E-state index < -0.39 is 67.1 Å². The molecule has 1 saturated carbocycles. The Hall–Kier alpha value is -2.82. The summed E-state index contributed by atoms with van der Waals surface area (Å²) in [6.45, 7) is 0.360. The molecule has 46 heavy (non-hydrogen) atoms. The first-order chi connectivity index (χ1) is 21.6. The van der Waals surface area contributed by atoms with Crippen LogP contribution in [0.15, 0.2) is 57.9 Å². The van der Waals surface area contributed by atoms with E-state index in [-0.39, 0.29) is 24.6 Å². The summed E-state index contributed by atoms with van der Waals surface area (Å²) in [4.78, 5) is 30.9. The quantitative estimate of drug-likeness (QED) is 0.247. The summed E-state index contributed by atoms with van der Waals surface area (Å²) in [5.74, 6) is -8.55. The Labute approximate surface area is 271 Å². The van der Waals surface area contributed by atoms with Crippen LogP contribution in [0.2, 0.25) is 0 Å². The van der Waals surface area contributed by atoms with Gasteiger partial charge in [-0.2, -0.15) is 22.0 Å². The SMILES string of the molecule is NC1CC2CCC(C1)N2C(=O)[C@@H](N(OC(=O)C(F)(F)F)S(=O)(=O)c1ccc(OCC2CCCC2)cc1)C(F)(F)c1ccc(Br)cc1. The zero-order chi connectivity index (χ0) is 33.4. The zero-order valence-electron chi connectivity index (χ0n) is 24.5. The van der Waals surface area contributed by atoms with Gasteiger partial charge in [0.2, 0.25) is 6.04 Å². The molecule has 1 amide bonds. The van der Waals surface area contributed by atoms with E-state index in [9.17, 15) is 31.2 Å². The molecular weight excluding hydrogens is 705 g/mol. The Kier molecular flexibility index (Phi) is 10.0. The van der Waals surface area contributed by atoms with Crippen molar-refractivity contribution in [3.05, 3.63) is 58.6 Å². The Balaban J connectivity index is 1.58. The largest absolute Gasteiger partial charge is 0.493 e. The number of hydrogen-bond donors (Lipinski definition) is 1. The molecule has 2 aromatic carbocycles. The van der Waals surface area contributed by atoms with E-state index in [1.807, 2.05) is 0 Å². The Bertz CT molecular complexity index is 1510. The van der Waals surface area contributed by atoms with Gasteiger partial charge in [0.15, 0.2) is 0 Å². The third-order valence-electron chi connectivity index (χ3n) is 8.76. The second-order valence-electron chi connectivity index (χ2n) is 12.0. The van der Waals surface area contributed by atoms with Gasteiger partial charge in [0.25, 0.3) is 15.9 Å². The van der Waals surface area contributed by atoms with Crippen LogP contribution in [0.1, 0.15) is 56.9 Å². The molecule has 3 atom stereocenters. The molecular formula is C30H33BrF5N3O6S. The van der Waals surface area contributed by atoms with Crippen LogP contribution in [0.4, 0.5) is 22.0 Å². The lowest BCUT2D eigenvalue weighted by atomic mass is 9.94. The summed E-state index contributed by atoms with van der Waals surface area (Å²) in [6, 6.07) is 3.52. The van der Waals surface area contributed by atoms with Gasteiger partial charge in [-0.3, -0.25) is 4.79 Å². The molecule has 3 aliphatic rings. The molecule has 2 saturated heterocycles. The predicted octanol–water partition coefficient (Wildman–Crippen LogP) is 5.67. The molecule has 2 aromatic rings. The molecule has 0 aromatic heterocycles. The number of sulfonamides is 1. The lowest BCUT2D eigenvalue weighted by Crippen LogP contribution is -2.62. The first-order valence-corrected chi connectivity index (χ1v) is 17.1. The fourth-order valence-electron chi connectivity index (χ4n) is 6.50. The van der Waals surface area contributed by atoms with Crippen molar-refractivity contribution in [1.29, 1.82) is 0 Å². The van der Waals surface area contributed by atoms with Crippen molar-refractivity contribution < 1.29 is 49.5 Å². The van der Waals surface area contributed by atoms with Crippen LogP contribution in [0.5, 0.6) is 5.75 Å². The number of halogens is 6. The van der Waals surface area contributed by atoms with Gasteiger partial charge in [0.05, 0.1) is 11.5 Å². The monoisotopic (exact) mass is 737 g/mol. The highest BCUT2D eigenvalue weighted by molar-refractivity contribution is 9.10. The van der Waals surface area contributed by atoms with Gasteiger partial charge in [0, 0.05) is 28.2 Å². The molecule has 2 aliphatic heterocycles. The number of fused-ring (bicyclic) bond motifs is 2. The van der Waals surface area contributed by atoms with Crippen molar-refractivity contribution >= 4 is 37.8 Å². The molecule has 2 N–H and O–H groups in total. The van der Waals surface area contributed by atoms with Gasteiger partial charge in [-0.15, -0.1) is 0 Å². The molecule has 2 unspecified atom stereocenters. The summed E-state index contributed by atoms with van der Waals surface area (Å²) >= 11 is 3.11. The number of hydrogen-bond acceptors (Lipinski definition) is 7. The number of nitrogens with zero attached hydrogens (tertiary/aromatic N) is 2. The maximum absolute atomic E-state index is 16.6. The van der Waals surface area contributed by atoms with E-state index >= 15 is 8.78 Å². The first kappa shape index (κ1) is 34.5. The van der Waals surface area contributed by atoms with Crippen LogP contribution in [0, 0.1) is 5.92 Å². The molecule has 1 aliphatic carbocycles. The molecule has 9 nitrogen and oxygen atoms in total. The van der Waals surface area contributed by atoms with Crippen molar-refractivity contribution in [3.63, 3.8) is 0 Å². The van der Waals surface area contributed by atoms with Gasteiger partial charge in [-0.1, -0.05) is 40.9 Å². The molecule has 16 heteroatoms. The van der Waals surface area contributed by atoms with Crippen LogP contribution in [-0.4, -0.2) is 66.6 Å². The number of alkyl halides is 5. The fraction of sp³-hybridized carbons (Fsp3) is 0.533. The molecule has 0 spiro atoms. The number of hydroxylamine groups is 1. The zero-order valence-corrected chi connectivity index (χ0v) is 26.9. The van der Waals surface area contributed by atoms with Crippen LogP contribution >= 0.6 is 15.9 Å². The van der Waals surface area contributed by atoms with E-state index in [2.05, 4.69) is 20.8 Å². The van der Waals surface area contributed by atoms with E-state index in [0.29, 0.717) is 29.8 Å². The summed E-state index contributed by atoms with van der Waals surface area (Å²) in [7, 11) is -5.54. The second-order valence-corrected chi connectivity index (χ2v) is 14.7. The number of benzene rings is 2. The van der Waals surface area contributed by atoms with E-state index in [1.54, 1.807) is 0 Å². The number of rotatable bonds is 10. The van der Waals surface area contributed by atoms with Crippen LogP contribution < -0.4 is 10.5 Å². The maximum Gasteiger partial charge on any atom is 0.492 e. The smallest absolute Gasteiger partial charge is 0.492 e.